The number of carboxylic acid groups (broad SMARTS) is 1. The van der Waals surface area contributed by atoms with E-state index in [1.165, 1.54) is 13.2 Å². The lowest BCUT2D eigenvalue weighted by atomic mass is 10.1. The van der Waals surface area contributed by atoms with Crippen LogP contribution in [-0.2, 0) is 14.3 Å². The highest BCUT2D eigenvalue weighted by molar-refractivity contribution is 5.93. The van der Waals surface area contributed by atoms with Gasteiger partial charge >= 0.3 is 11.9 Å². The van der Waals surface area contributed by atoms with Crippen LogP contribution in [0.1, 0.15) is 13.8 Å². The number of hydrogen-bond donors (Lipinski definition) is 1. The molecule has 0 spiro atoms. The van der Waals surface area contributed by atoms with Gasteiger partial charge in [-0.1, -0.05) is 19.9 Å². The molecule has 5 heteroatoms. The fourth-order valence-corrected chi connectivity index (χ4v) is 1.90. The van der Waals surface area contributed by atoms with E-state index in [0.717, 1.165) is 0 Å². The first-order chi connectivity index (χ1) is 7.36. The van der Waals surface area contributed by atoms with Crippen molar-refractivity contribution in [3.8, 4) is 6.07 Å². The van der Waals surface area contributed by atoms with Crippen molar-refractivity contribution in [2.24, 2.45) is 17.3 Å². The molecule has 0 saturated heterocycles. The molecule has 0 unspecified atom stereocenters. The Bertz CT molecular complexity index is 403. The highest BCUT2D eigenvalue weighted by Crippen LogP contribution is 2.59. The molecule has 1 aliphatic carbocycles. The number of carboxylic acids is 1. The maximum absolute atomic E-state index is 11.1. The second-order valence-electron chi connectivity index (χ2n) is 4.35. The molecule has 0 bridgehead atoms. The summed E-state index contributed by atoms with van der Waals surface area (Å²) >= 11 is 0. The summed E-state index contributed by atoms with van der Waals surface area (Å²) in [7, 11) is 1.18. The Labute approximate surface area is 93.3 Å². The Morgan fingerprint density at radius 2 is 2.06 bits per heavy atom. The first-order valence-electron chi connectivity index (χ1n) is 4.79. The molecular formula is C11H13NO4. The minimum absolute atomic E-state index is 0.135. The third kappa shape index (κ3) is 1.91. The number of ether oxygens (including phenoxy) is 1. The van der Waals surface area contributed by atoms with E-state index in [1.54, 1.807) is 19.9 Å². The average molecular weight is 223 g/mol. The van der Waals surface area contributed by atoms with E-state index in [0.29, 0.717) is 0 Å². The van der Waals surface area contributed by atoms with Crippen molar-refractivity contribution in [2.45, 2.75) is 13.8 Å². The smallest absolute Gasteiger partial charge is 0.348 e. The van der Waals surface area contributed by atoms with Crippen molar-refractivity contribution in [3.05, 3.63) is 11.6 Å². The highest BCUT2D eigenvalue weighted by Gasteiger charge is 2.61. The maximum atomic E-state index is 11.1. The Balaban J connectivity index is 2.91. The lowest BCUT2D eigenvalue weighted by Crippen LogP contribution is -2.04. The van der Waals surface area contributed by atoms with Gasteiger partial charge in [-0.15, -0.1) is 0 Å². The molecule has 1 fully saturated rings. The molecule has 16 heavy (non-hydrogen) atoms. The lowest BCUT2D eigenvalue weighted by Gasteiger charge is -1.98. The first kappa shape index (κ1) is 12.2. The molecular weight excluding hydrogens is 210 g/mol. The number of esters is 1. The molecule has 0 aromatic carbocycles. The molecule has 0 radical (unpaired) electrons. The number of methoxy groups -OCH3 is 1. The Morgan fingerprint density at radius 3 is 2.38 bits per heavy atom. The van der Waals surface area contributed by atoms with Gasteiger partial charge in [-0.25, -0.2) is 4.79 Å². The van der Waals surface area contributed by atoms with Crippen LogP contribution in [0, 0.1) is 28.6 Å². The number of carbonyl (C=O) groups is 2. The largest absolute Gasteiger partial charge is 0.481 e. The SMILES string of the molecule is COC(=O)/C(C#N)=C/[C@@H]1[C@@H](C(=O)O)C1(C)C. The van der Waals surface area contributed by atoms with E-state index in [2.05, 4.69) is 4.74 Å². The number of nitrogens with zero attached hydrogens (tertiary/aromatic N) is 1. The minimum Gasteiger partial charge on any atom is -0.481 e. The van der Waals surface area contributed by atoms with Gasteiger partial charge in [0.05, 0.1) is 13.0 Å². The molecule has 0 aromatic rings. The van der Waals surface area contributed by atoms with Crippen LogP contribution in [-0.4, -0.2) is 24.2 Å². The zero-order valence-electron chi connectivity index (χ0n) is 9.35. The van der Waals surface area contributed by atoms with Gasteiger partial charge in [-0.05, 0) is 11.3 Å². The van der Waals surface area contributed by atoms with Crippen LogP contribution in [0.25, 0.3) is 0 Å². The van der Waals surface area contributed by atoms with Crippen LogP contribution in [0.4, 0.5) is 0 Å². The first-order valence-corrected chi connectivity index (χ1v) is 4.79. The standard InChI is InChI=1S/C11H13NO4/c1-11(2)7(8(11)9(13)14)4-6(5-12)10(15)16-3/h4,7-8H,1-3H3,(H,13,14)/b6-4+/t7-,8+/m1/s1. The van der Waals surface area contributed by atoms with Crippen molar-refractivity contribution in [3.63, 3.8) is 0 Å². The quantitative estimate of drug-likeness (QED) is 0.437. The van der Waals surface area contributed by atoms with Crippen molar-refractivity contribution in [1.82, 2.24) is 0 Å². The van der Waals surface area contributed by atoms with E-state index in [9.17, 15) is 9.59 Å². The second kappa shape index (κ2) is 3.97. The van der Waals surface area contributed by atoms with E-state index in [4.69, 9.17) is 10.4 Å². The highest BCUT2D eigenvalue weighted by atomic mass is 16.5. The summed E-state index contributed by atoms with van der Waals surface area (Å²) in [6, 6.07) is 1.71. The molecule has 1 aliphatic rings. The van der Waals surface area contributed by atoms with Gasteiger partial charge in [0.1, 0.15) is 11.6 Å². The van der Waals surface area contributed by atoms with Crippen LogP contribution in [0.3, 0.4) is 0 Å². The molecule has 5 nitrogen and oxygen atoms in total. The van der Waals surface area contributed by atoms with E-state index in [-0.39, 0.29) is 11.5 Å². The summed E-state index contributed by atoms with van der Waals surface area (Å²) in [6.45, 7) is 3.58. The summed E-state index contributed by atoms with van der Waals surface area (Å²) in [6.07, 6.45) is 1.39. The third-order valence-corrected chi connectivity index (χ3v) is 3.05. The van der Waals surface area contributed by atoms with Gasteiger partial charge in [0.15, 0.2) is 0 Å². The van der Waals surface area contributed by atoms with E-state index >= 15 is 0 Å². The van der Waals surface area contributed by atoms with Crippen molar-refractivity contribution < 1.29 is 19.4 Å². The van der Waals surface area contributed by atoms with Crippen molar-refractivity contribution in [1.29, 1.82) is 5.26 Å². The summed E-state index contributed by atoms with van der Waals surface area (Å²) in [5.41, 5.74) is -0.550. The lowest BCUT2D eigenvalue weighted by molar-refractivity contribution is -0.139. The Morgan fingerprint density at radius 1 is 1.50 bits per heavy atom. The number of allylic oxidation sites excluding steroid dienone is 1. The van der Waals surface area contributed by atoms with Crippen LogP contribution in [0.5, 0.6) is 0 Å². The molecule has 0 heterocycles. The predicted octanol–water partition coefficient (Wildman–Crippen LogP) is 0.966. The molecule has 2 atom stereocenters. The number of aliphatic carboxylic acids is 1. The van der Waals surface area contributed by atoms with Gasteiger partial charge in [0.2, 0.25) is 0 Å². The summed E-state index contributed by atoms with van der Waals surface area (Å²) < 4.78 is 4.42. The predicted molar refractivity (Wildman–Crippen MR) is 54.1 cm³/mol. The number of rotatable bonds is 3. The molecule has 86 valence electrons. The van der Waals surface area contributed by atoms with Crippen LogP contribution >= 0.6 is 0 Å². The summed E-state index contributed by atoms with van der Waals surface area (Å²) in [5, 5.41) is 17.6. The van der Waals surface area contributed by atoms with Crippen LogP contribution in [0.2, 0.25) is 0 Å². The topological polar surface area (TPSA) is 87.4 Å². The van der Waals surface area contributed by atoms with Crippen molar-refractivity contribution in [2.75, 3.05) is 7.11 Å². The third-order valence-electron chi connectivity index (χ3n) is 3.05. The Hall–Kier alpha value is -1.83. The molecule has 0 amide bonds. The molecule has 1 N–H and O–H groups in total. The van der Waals surface area contributed by atoms with Crippen LogP contribution in [0.15, 0.2) is 11.6 Å². The van der Waals surface area contributed by atoms with Gasteiger partial charge < -0.3 is 9.84 Å². The minimum atomic E-state index is -0.909. The summed E-state index contributed by atoms with van der Waals surface area (Å²) in [5.74, 6) is -2.47. The molecule has 0 aliphatic heterocycles. The fraction of sp³-hybridized carbons (Fsp3) is 0.545. The summed E-state index contributed by atoms with van der Waals surface area (Å²) in [4.78, 5) is 22.0. The maximum Gasteiger partial charge on any atom is 0.348 e. The number of hydrogen-bond acceptors (Lipinski definition) is 4. The number of nitriles is 1. The van der Waals surface area contributed by atoms with Crippen LogP contribution < -0.4 is 0 Å². The second-order valence-corrected chi connectivity index (χ2v) is 4.35. The van der Waals surface area contributed by atoms with Gasteiger partial charge in [-0.3, -0.25) is 4.79 Å². The normalized spacial score (nSPS) is 26.8. The average Bonchev–Trinajstić information content (AvgIpc) is 2.75. The zero-order chi connectivity index (χ0) is 12.5. The Kier molecular flexibility index (Phi) is 3.04. The molecule has 1 rings (SSSR count). The van der Waals surface area contributed by atoms with Gasteiger partial charge in [0.25, 0.3) is 0 Å². The van der Waals surface area contributed by atoms with E-state index < -0.39 is 23.3 Å². The van der Waals surface area contributed by atoms with E-state index in [1.807, 2.05) is 0 Å². The van der Waals surface area contributed by atoms with Gasteiger partial charge in [0, 0.05) is 0 Å². The fourth-order valence-electron chi connectivity index (χ4n) is 1.90. The number of carbonyl (C=O) groups excluding carboxylic acids is 1. The van der Waals surface area contributed by atoms with Crippen molar-refractivity contribution >= 4 is 11.9 Å². The monoisotopic (exact) mass is 223 g/mol. The molecule has 1 saturated carbocycles. The zero-order valence-corrected chi connectivity index (χ0v) is 9.35. The molecule has 0 aromatic heterocycles. The van der Waals surface area contributed by atoms with Gasteiger partial charge in [-0.2, -0.15) is 5.26 Å².